The maximum absolute atomic E-state index is 12.5. The van der Waals surface area contributed by atoms with Crippen molar-refractivity contribution in [3.8, 4) is 5.69 Å². The molecule has 29 heavy (non-hydrogen) atoms. The lowest BCUT2D eigenvalue weighted by molar-refractivity contribution is -0.119. The van der Waals surface area contributed by atoms with Gasteiger partial charge in [-0.15, -0.1) is 11.3 Å². The average molecular weight is 412 g/mol. The molecule has 7 heteroatoms. The molecule has 0 aliphatic carbocycles. The Hall–Kier alpha value is -2.93. The predicted molar refractivity (Wildman–Crippen MR) is 115 cm³/mol. The number of nitrogens with zero attached hydrogens (tertiary/aromatic N) is 2. The fourth-order valence-corrected chi connectivity index (χ4v) is 3.74. The van der Waals surface area contributed by atoms with E-state index in [2.05, 4.69) is 31.2 Å². The fourth-order valence-electron chi connectivity index (χ4n) is 2.82. The number of anilines is 1. The Morgan fingerprint density at radius 2 is 1.83 bits per heavy atom. The summed E-state index contributed by atoms with van der Waals surface area (Å²) in [7, 11) is 0. The highest BCUT2D eigenvalue weighted by atomic mass is 32.1. The van der Waals surface area contributed by atoms with Crippen LogP contribution in [-0.4, -0.2) is 28.3 Å². The summed E-state index contributed by atoms with van der Waals surface area (Å²) in [6, 6.07) is 13.2. The van der Waals surface area contributed by atoms with Gasteiger partial charge in [0.2, 0.25) is 0 Å². The summed E-state index contributed by atoms with van der Waals surface area (Å²) in [5, 5.41) is 7.47. The van der Waals surface area contributed by atoms with Gasteiger partial charge in [-0.2, -0.15) is 5.10 Å². The van der Waals surface area contributed by atoms with E-state index < -0.39 is 11.9 Å². The van der Waals surface area contributed by atoms with Gasteiger partial charge in [-0.05, 0) is 32.0 Å². The SMILES string of the molecule is Cc1cc(C(=O)OCC(=O)Nc2cc(C(C)(C)C)nn2-c2ccccc2)c(C)s1. The highest BCUT2D eigenvalue weighted by Gasteiger charge is 2.22. The lowest BCUT2D eigenvalue weighted by Crippen LogP contribution is -2.22. The van der Waals surface area contributed by atoms with Gasteiger partial charge in [-0.25, -0.2) is 9.48 Å². The van der Waals surface area contributed by atoms with Gasteiger partial charge in [0, 0.05) is 21.2 Å². The number of ether oxygens (including phenoxy) is 1. The monoisotopic (exact) mass is 411 g/mol. The average Bonchev–Trinajstić information content (AvgIpc) is 3.23. The van der Waals surface area contributed by atoms with Crippen molar-refractivity contribution in [2.24, 2.45) is 0 Å². The van der Waals surface area contributed by atoms with Crippen molar-refractivity contribution in [1.29, 1.82) is 0 Å². The Morgan fingerprint density at radius 3 is 2.41 bits per heavy atom. The molecule has 0 aliphatic rings. The van der Waals surface area contributed by atoms with Crippen molar-refractivity contribution in [1.82, 2.24) is 9.78 Å². The number of aryl methyl sites for hydroxylation is 2. The number of hydrogen-bond donors (Lipinski definition) is 1. The number of carbonyl (C=O) groups excluding carboxylic acids is 2. The second kappa shape index (κ2) is 8.21. The summed E-state index contributed by atoms with van der Waals surface area (Å²) in [6.07, 6.45) is 0. The Labute approximate surface area is 174 Å². The van der Waals surface area contributed by atoms with E-state index in [4.69, 9.17) is 4.74 Å². The van der Waals surface area contributed by atoms with Crippen LogP contribution in [0.15, 0.2) is 42.5 Å². The number of carbonyl (C=O) groups is 2. The number of hydrogen-bond acceptors (Lipinski definition) is 5. The first-order valence-corrected chi connectivity index (χ1v) is 10.2. The van der Waals surface area contributed by atoms with Crippen molar-refractivity contribution in [2.45, 2.75) is 40.0 Å². The molecule has 0 saturated carbocycles. The van der Waals surface area contributed by atoms with Crippen molar-refractivity contribution < 1.29 is 14.3 Å². The number of para-hydroxylation sites is 1. The van der Waals surface area contributed by atoms with Crippen LogP contribution < -0.4 is 5.32 Å². The van der Waals surface area contributed by atoms with Crippen LogP contribution in [0.3, 0.4) is 0 Å². The first-order chi connectivity index (χ1) is 13.6. The van der Waals surface area contributed by atoms with Gasteiger partial charge in [-0.1, -0.05) is 39.0 Å². The molecule has 152 valence electrons. The molecule has 3 aromatic rings. The van der Waals surface area contributed by atoms with Crippen LogP contribution in [0.1, 0.15) is 46.6 Å². The molecule has 0 radical (unpaired) electrons. The molecule has 1 N–H and O–H groups in total. The topological polar surface area (TPSA) is 73.2 Å². The van der Waals surface area contributed by atoms with E-state index in [0.717, 1.165) is 21.1 Å². The first-order valence-electron chi connectivity index (χ1n) is 9.35. The summed E-state index contributed by atoms with van der Waals surface area (Å²) in [4.78, 5) is 26.6. The number of benzene rings is 1. The van der Waals surface area contributed by atoms with Crippen molar-refractivity contribution >= 4 is 29.0 Å². The van der Waals surface area contributed by atoms with Crippen molar-refractivity contribution in [2.75, 3.05) is 11.9 Å². The molecule has 0 saturated heterocycles. The van der Waals surface area contributed by atoms with Crippen LogP contribution in [0.2, 0.25) is 0 Å². The van der Waals surface area contributed by atoms with Crippen LogP contribution in [0.4, 0.5) is 5.82 Å². The summed E-state index contributed by atoms with van der Waals surface area (Å²) < 4.78 is 6.89. The zero-order valence-corrected chi connectivity index (χ0v) is 18.1. The molecule has 2 heterocycles. The van der Waals surface area contributed by atoms with E-state index >= 15 is 0 Å². The summed E-state index contributed by atoms with van der Waals surface area (Å²) in [5.41, 5.74) is 2.00. The molecule has 1 aromatic carbocycles. The Morgan fingerprint density at radius 1 is 1.14 bits per heavy atom. The maximum atomic E-state index is 12.5. The molecule has 0 aliphatic heterocycles. The maximum Gasteiger partial charge on any atom is 0.339 e. The third-order valence-corrected chi connectivity index (χ3v) is 5.31. The van der Waals surface area contributed by atoms with E-state index in [1.165, 1.54) is 11.3 Å². The fraction of sp³-hybridized carbons (Fsp3) is 0.318. The normalized spacial score (nSPS) is 11.3. The molecule has 0 spiro atoms. The standard InChI is InChI=1S/C22H25N3O3S/c1-14-11-17(15(2)29-14)21(27)28-13-20(26)23-19-12-18(22(3,4)5)24-25(19)16-9-7-6-8-10-16/h6-12H,13H2,1-5H3,(H,23,26). The lowest BCUT2D eigenvalue weighted by atomic mass is 9.92. The smallest absolute Gasteiger partial charge is 0.339 e. The molecule has 0 bridgehead atoms. The van der Waals surface area contributed by atoms with Crippen molar-refractivity contribution in [3.05, 3.63) is 63.5 Å². The van der Waals surface area contributed by atoms with E-state index in [9.17, 15) is 9.59 Å². The van der Waals surface area contributed by atoms with Gasteiger partial charge in [-0.3, -0.25) is 4.79 Å². The number of nitrogens with one attached hydrogen (secondary N) is 1. The number of rotatable bonds is 5. The molecule has 1 amide bonds. The van der Waals surface area contributed by atoms with Crippen LogP contribution in [0.25, 0.3) is 5.69 Å². The van der Waals surface area contributed by atoms with Crippen LogP contribution in [-0.2, 0) is 14.9 Å². The van der Waals surface area contributed by atoms with E-state index in [1.807, 2.05) is 50.2 Å². The van der Waals surface area contributed by atoms with Gasteiger partial charge < -0.3 is 10.1 Å². The minimum atomic E-state index is -0.492. The van der Waals surface area contributed by atoms with Crippen LogP contribution in [0.5, 0.6) is 0 Å². The quantitative estimate of drug-likeness (QED) is 0.621. The molecule has 0 unspecified atom stereocenters. The molecule has 0 atom stereocenters. The van der Waals surface area contributed by atoms with Gasteiger partial charge >= 0.3 is 5.97 Å². The minimum Gasteiger partial charge on any atom is -0.452 e. The van der Waals surface area contributed by atoms with E-state index in [-0.39, 0.29) is 12.0 Å². The second-order valence-electron chi connectivity index (χ2n) is 7.86. The highest BCUT2D eigenvalue weighted by molar-refractivity contribution is 7.12. The zero-order chi connectivity index (χ0) is 21.2. The van der Waals surface area contributed by atoms with E-state index in [0.29, 0.717) is 11.4 Å². The van der Waals surface area contributed by atoms with Gasteiger partial charge in [0.05, 0.1) is 16.9 Å². The zero-order valence-electron chi connectivity index (χ0n) is 17.3. The Bertz CT molecular complexity index is 1030. The molecule has 2 aromatic heterocycles. The largest absolute Gasteiger partial charge is 0.452 e. The third-order valence-electron chi connectivity index (χ3n) is 4.34. The van der Waals surface area contributed by atoms with Crippen molar-refractivity contribution in [3.63, 3.8) is 0 Å². The summed E-state index contributed by atoms with van der Waals surface area (Å²) in [5.74, 6) is -0.376. The molecule has 6 nitrogen and oxygen atoms in total. The Kier molecular flexibility index (Phi) is 5.88. The molecule has 0 fully saturated rings. The second-order valence-corrected chi connectivity index (χ2v) is 9.32. The summed E-state index contributed by atoms with van der Waals surface area (Å²) >= 11 is 1.53. The van der Waals surface area contributed by atoms with Gasteiger partial charge in [0.25, 0.3) is 5.91 Å². The summed E-state index contributed by atoms with van der Waals surface area (Å²) in [6.45, 7) is 9.60. The molecular formula is C22H25N3O3S. The highest BCUT2D eigenvalue weighted by Crippen LogP contribution is 2.26. The van der Waals surface area contributed by atoms with Gasteiger partial charge in [0.15, 0.2) is 6.61 Å². The molecular weight excluding hydrogens is 386 g/mol. The minimum absolute atomic E-state index is 0.180. The number of aromatic nitrogens is 2. The van der Waals surface area contributed by atoms with Crippen LogP contribution in [0, 0.1) is 13.8 Å². The number of esters is 1. The molecule has 3 rings (SSSR count). The van der Waals surface area contributed by atoms with E-state index in [1.54, 1.807) is 10.7 Å². The number of thiophene rings is 1. The Balaban J connectivity index is 1.75. The third kappa shape index (κ3) is 4.92. The number of amides is 1. The predicted octanol–water partition coefficient (Wildman–Crippen LogP) is 4.64. The van der Waals surface area contributed by atoms with Gasteiger partial charge in [0.1, 0.15) is 5.82 Å². The first kappa shape index (κ1) is 20.8. The van der Waals surface area contributed by atoms with Crippen LogP contribution >= 0.6 is 11.3 Å². The lowest BCUT2D eigenvalue weighted by Gasteiger charge is -2.14.